The minimum Gasteiger partial charge on any atom is -0.498 e. The first-order valence-corrected chi connectivity index (χ1v) is 12.7. The molecule has 0 spiro atoms. The molecular weight excluding hydrogens is 554 g/mol. The highest BCUT2D eigenvalue weighted by Crippen LogP contribution is 2.40. The molecular formula is C20H22ClN5O9S2. The van der Waals surface area contributed by atoms with E-state index in [1.165, 1.54) is 18.9 Å². The number of anilines is 1. The highest BCUT2D eigenvalue weighted by Gasteiger charge is 2.55. The highest BCUT2D eigenvalue weighted by molar-refractivity contribution is 8.00. The fourth-order valence-electron chi connectivity index (χ4n) is 3.23. The van der Waals surface area contributed by atoms with Crippen molar-refractivity contribution in [3.8, 4) is 0 Å². The molecule has 0 aliphatic carbocycles. The number of rotatable bonds is 10. The van der Waals surface area contributed by atoms with Crippen LogP contribution in [0.3, 0.4) is 0 Å². The van der Waals surface area contributed by atoms with E-state index in [9.17, 15) is 29.1 Å². The normalized spacial score (nSPS) is 19.4. The molecule has 200 valence electrons. The van der Waals surface area contributed by atoms with Crippen molar-refractivity contribution in [2.24, 2.45) is 5.16 Å². The van der Waals surface area contributed by atoms with Crippen LogP contribution in [0.25, 0.3) is 0 Å². The topological polar surface area (TPSA) is 186 Å². The molecule has 2 aliphatic rings. The van der Waals surface area contributed by atoms with E-state index >= 15 is 0 Å². The van der Waals surface area contributed by atoms with Crippen molar-refractivity contribution in [1.82, 2.24) is 15.2 Å². The average Bonchev–Trinajstić information content (AvgIpc) is 3.17. The Kier molecular flexibility index (Phi) is 8.65. The van der Waals surface area contributed by atoms with E-state index < -0.39 is 53.1 Å². The number of aromatic nitrogens is 1. The second-order valence-electron chi connectivity index (χ2n) is 8.35. The molecule has 3 heterocycles. The van der Waals surface area contributed by atoms with Gasteiger partial charge in [-0.15, -0.1) is 11.8 Å². The molecule has 3 N–H and O–H groups in total. The third-order valence-corrected chi connectivity index (χ3v) is 7.07. The van der Waals surface area contributed by atoms with Gasteiger partial charge in [-0.3, -0.25) is 19.3 Å². The van der Waals surface area contributed by atoms with Gasteiger partial charge in [0.15, 0.2) is 16.5 Å². The van der Waals surface area contributed by atoms with Crippen LogP contribution in [0.5, 0.6) is 0 Å². The predicted molar refractivity (Wildman–Crippen MR) is 132 cm³/mol. The molecule has 1 fully saturated rings. The molecule has 1 unspecified atom stereocenters. The van der Waals surface area contributed by atoms with E-state index in [1.807, 2.05) is 0 Å². The van der Waals surface area contributed by atoms with Crippen molar-refractivity contribution in [3.63, 3.8) is 0 Å². The zero-order valence-corrected chi connectivity index (χ0v) is 22.3. The molecule has 0 bridgehead atoms. The Morgan fingerprint density at radius 1 is 1.35 bits per heavy atom. The molecule has 2 aliphatic heterocycles. The van der Waals surface area contributed by atoms with E-state index in [0.717, 1.165) is 16.2 Å². The van der Waals surface area contributed by atoms with Gasteiger partial charge in [0, 0.05) is 0 Å². The smallest absolute Gasteiger partial charge is 0.356 e. The molecule has 3 rings (SSSR count). The average molecular weight is 576 g/mol. The number of esters is 1. The summed E-state index contributed by atoms with van der Waals surface area (Å²) >= 11 is 8.21. The lowest BCUT2D eigenvalue weighted by Crippen LogP contribution is -2.71. The van der Waals surface area contributed by atoms with Crippen molar-refractivity contribution >= 4 is 75.7 Å². The number of carboxylic acid groups (broad SMARTS) is 1. The number of carboxylic acids is 1. The molecule has 0 radical (unpaired) electrons. The number of hydrogen-bond donors (Lipinski definition) is 3. The largest absolute Gasteiger partial charge is 0.498 e. The summed E-state index contributed by atoms with van der Waals surface area (Å²) in [6.45, 7) is 4.33. The molecule has 0 aromatic carbocycles. The Morgan fingerprint density at radius 3 is 2.65 bits per heavy atom. The number of halogens is 1. The van der Waals surface area contributed by atoms with E-state index in [2.05, 4.69) is 20.8 Å². The first-order chi connectivity index (χ1) is 17.4. The number of hydrogen-bond acceptors (Lipinski definition) is 12. The third-order valence-electron chi connectivity index (χ3n) is 4.63. The van der Waals surface area contributed by atoms with Gasteiger partial charge in [0.25, 0.3) is 11.8 Å². The van der Waals surface area contributed by atoms with Crippen molar-refractivity contribution in [3.05, 3.63) is 21.5 Å². The third kappa shape index (κ3) is 6.31. The monoisotopic (exact) mass is 575 g/mol. The summed E-state index contributed by atoms with van der Waals surface area (Å²) in [5.74, 6) is -3.44. The van der Waals surface area contributed by atoms with Gasteiger partial charge in [-0.25, -0.2) is 14.6 Å². The Hall–Kier alpha value is -3.37. The molecule has 1 saturated heterocycles. The van der Waals surface area contributed by atoms with Crippen molar-refractivity contribution < 1.29 is 43.4 Å². The number of methoxy groups -OCH3 is 1. The van der Waals surface area contributed by atoms with Gasteiger partial charge in [0.05, 0.1) is 12.9 Å². The zero-order valence-electron chi connectivity index (χ0n) is 19.9. The first-order valence-electron chi connectivity index (χ1n) is 10.4. The molecule has 37 heavy (non-hydrogen) atoms. The number of nitrogens with zero attached hydrogens (tertiary/aromatic N) is 3. The Labute approximate surface area is 223 Å². The Morgan fingerprint density at radius 2 is 2.05 bits per heavy atom. The molecule has 14 nitrogen and oxygen atoms in total. The van der Waals surface area contributed by atoms with Crippen LogP contribution in [0.4, 0.5) is 5.13 Å². The fraction of sp³-hybridized carbons (Fsp3) is 0.450. The van der Waals surface area contributed by atoms with Gasteiger partial charge in [-0.05, 0) is 20.8 Å². The Bertz CT molecular complexity index is 1190. The molecule has 2 atom stereocenters. The van der Waals surface area contributed by atoms with Crippen LogP contribution < -0.4 is 10.6 Å². The summed E-state index contributed by atoms with van der Waals surface area (Å²) < 4.78 is 10.2. The maximum absolute atomic E-state index is 13.2. The molecule has 1 aromatic rings. The number of thiazole rings is 1. The second kappa shape index (κ2) is 11.4. The quantitative estimate of drug-likeness (QED) is 0.118. The van der Waals surface area contributed by atoms with Gasteiger partial charge in [0.1, 0.15) is 32.8 Å². The summed E-state index contributed by atoms with van der Waals surface area (Å²) in [7, 11) is 1.30. The summed E-state index contributed by atoms with van der Waals surface area (Å²) in [6, 6.07) is -1.11. The van der Waals surface area contributed by atoms with Crippen LogP contribution in [-0.2, 0) is 38.3 Å². The molecule has 1 aromatic heterocycles. The number of ether oxygens (including phenoxy) is 2. The van der Waals surface area contributed by atoms with Crippen LogP contribution in [0.15, 0.2) is 16.6 Å². The van der Waals surface area contributed by atoms with Crippen molar-refractivity contribution in [2.45, 2.75) is 37.8 Å². The predicted octanol–water partition coefficient (Wildman–Crippen LogP) is 0.770. The van der Waals surface area contributed by atoms with Crippen LogP contribution >= 0.6 is 34.7 Å². The number of amides is 3. The van der Waals surface area contributed by atoms with Crippen LogP contribution in [0.1, 0.15) is 26.5 Å². The van der Waals surface area contributed by atoms with Gasteiger partial charge >= 0.3 is 11.9 Å². The van der Waals surface area contributed by atoms with E-state index in [-0.39, 0.29) is 32.4 Å². The SMILES string of the molecule is COC1=C(C(=O)O)N2C(=O)C(NC(=O)C(=NOCC(=O)OC(C)(C)C)c3nc(NC=O)sc3Cl)[C@H]2SC1. The lowest BCUT2D eigenvalue weighted by molar-refractivity contribution is -0.160. The van der Waals surface area contributed by atoms with E-state index in [0.29, 0.717) is 6.41 Å². The van der Waals surface area contributed by atoms with Crippen LogP contribution in [0.2, 0.25) is 4.34 Å². The minimum absolute atomic E-state index is 0.0337. The summed E-state index contributed by atoms with van der Waals surface area (Å²) in [5, 5.41) is 17.3. The second-order valence-corrected chi connectivity index (χ2v) is 11.1. The number of thioether (sulfide) groups is 1. The summed E-state index contributed by atoms with van der Waals surface area (Å²) in [4.78, 5) is 70.4. The van der Waals surface area contributed by atoms with Crippen molar-refractivity contribution in [1.29, 1.82) is 0 Å². The Balaban J connectivity index is 1.82. The van der Waals surface area contributed by atoms with Crippen LogP contribution in [-0.4, -0.2) is 87.4 Å². The molecule has 17 heteroatoms. The molecule has 3 amide bonds. The summed E-state index contributed by atoms with van der Waals surface area (Å²) in [5.41, 5.74) is -1.74. The van der Waals surface area contributed by atoms with Crippen molar-refractivity contribution in [2.75, 3.05) is 24.8 Å². The maximum atomic E-state index is 13.2. The van der Waals surface area contributed by atoms with Crippen LogP contribution in [0, 0.1) is 0 Å². The molecule has 0 saturated carbocycles. The van der Waals surface area contributed by atoms with E-state index in [1.54, 1.807) is 20.8 Å². The lowest BCUT2D eigenvalue weighted by Gasteiger charge is -2.48. The number of β-lactam (4-membered cyclic amide) rings is 1. The highest BCUT2D eigenvalue weighted by atomic mass is 35.5. The van der Waals surface area contributed by atoms with Gasteiger partial charge in [-0.2, -0.15) is 0 Å². The fourth-order valence-corrected chi connectivity index (χ4v) is 5.54. The number of carbonyl (C=O) groups excluding carboxylic acids is 4. The zero-order chi connectivity index (χ0) is 27.5. The first kappa shape index (κ1) is 28.2. The number of oxime groups is 1. The number of carbonyl (C=O) groups is 5. The summed E-state index contributed by atoms with van der Waals surface area (Å²) in [6.07, 6.45) is 0.360. The minimum atomic E-state index is -1.34. The van der Waals surface area contributed by atoms with Gasteiger partial charge in [-0.1, -0.05) is 28.1 Å². The number of nitrogens with one attached hydrogen (secondary N) is 2. The lowest BCUT2D eigenvalue weighted by atomic mass is 10.0. The standard InChI is InChI=1S/C20H22ClN5O9S2/c1-20(2,3)35-9(28)5-34-25-11(10-14(21)37-19(24-10)22-7-27)15(29)23-12-16(30)26-13(18(31)32)8(33-4)6-36-17(12)26/h7,12,17H,5-6H2,1-4H3,(H,23,29)(H,31,32)(H,22,24,27)/t12?,17-/m1/s1. The number of aliphatic carboxylic acids is 1. The van der Waals surface area contributed by atoms with Gasteiger partial charge < -0.3 is 30.1 Å². The number of fused-ring (bicyclic) bond motifs is 1. The van der Waals surface area contributed by atoms with E-state index in [4.69, 9.17) is 25.9 Å². The maximum Gasteiger partial charge on any atom is 0.356 e. The van der Waals surface area contributed by atoms with Gasteiger partial charge in [0.2, 0.25) is 13.0 Å².